The summed E-state index contributed by atoms with van der Waals surface area (Å²) >= 11 is 7.92. The van der Waals surface area contributed by atoms with Crippen LogP contribution >= 0.6 is 22.9 Å². The molecule has 2 aromatic carbocycles. The van der Waals surface area contributed by atoms with Crippen molar-refractivity contribution < 1.29 is 81.1 Å². The number of nitrogens with one attached hydrogen (secondary N) is 9. The molecule has 2 aliphatic heterocycles. The first kappa shape index (κ1) is 91.4. The summed E-state index contributed by atoms with van der Waals surface area (Å²) in [5.41, 5.74) is 5.43. The van der Waals surface area contributed by atoms with Crippen LogP contribution in [0.1, 0.15) is 118 Å². The molecule has 42 heteroatoms. The lowest BCUT2D eigenvalue weighted by atomic mass is 9.99. The summed E-state index contributed by atoms with van der Waals surface area (Å²) < 4.78 is 49.1. The lowest BCUT2D eigenvalue weighted by Gasteiger charge is -2.34. The van der Waals surface area contributed by atoms with Crippen LogP contribution < -0.4 is 52.6 Å². The number of hydrogen-bond acceptors (Lipinski definition) is 25. The lowest BCUT2D eigenvalue weighted by Crippen LogP contribution is -2.50. The van der Waals surface area contributed by atoms with Crippen molar-refractivity contribution in [2.24, 2.45) is 40.2 Å². The molecule has 9 N–H and O–H groups in total. The normalized spacial score (nSPS) is 13.1. The van der Waals surface area contributed by atoms with Crippen LogP contribution in [-0.2, 0) is 87.6 Å². The molecule has 1 fully saturated rings. The molecule has 1 atom stereocenters. The molecule has 2 aliphatic rings. The number of anilines is 5. The molecular weight excluding hydrogens is 1630 g/mol. The summed E-state index contributed by atoms with van der Waals surface area (Å²) in [6.45, 7) is 13.7. The van der Waals surface area contributed by atoms with Gasteiger partial charge in [0.15, 0.2) is 23.3 Å². The fourth-order valence-electron chi connectivity index (χ4n) is 13.1. The maximum atomic E-state index is 13.6. The molecule has 40 nitrogen and oxygen atoms in total. The second kappa shape index (κ2) is 45.0. The van der Waals surface area contributed by atoms with Crippen LogP contribution in [0.15, 0.2) is 103 Å². The molecule has 7 aromatic heterocycles. The van der Waals surface area contributed by atoms with Crippen LogP contribution in [0.2, 0.25) is 5.02 Å². The number of benzene rings is 2. The molecule has 0 spiro atoms. The monoisotopic (exact) mass is 1740 g/mol. The number of imidazole rings is 3. The third-order valence-corrected chi connectivity index (χ3v) is 21.0. The van der Waals surface area contributed by atoms with Gasteiger partial charge in [-0.1, -0.05) is 23.7 Å². The Kier molecular flexibility index (Phi) is 33.4. The van der Waals surface area contributed by atoms with E-state index in [1.54, 1.807) is 92.7 Å². The van der Waals surface area contributed by atoms with Gasteiger partial charge < -0.3 is 109 Å². The summed E-state index contributed by atoms with van der Waals surface area (Å²) in [6.07, 6.45) is 8.85. The Labute approximate surface area is 717 Å². The molecule has 0 saturated carbocycles. The van der Waals surface area contributed by atoms with Crippen LogP contribution in [0.25, 0.3) is 5.00 Å². The standard InChI is InChI=1S/C81H102ClN23O17S/c1-51-52(2)123-81-70(51)71(54-9-11-55(82)12-10-54)91-60(72-97-96-53(3)105(72)81)45-68(109)88-56-13-15-59(16-14-56)122-42-41-120-38-37-119-39-40-121-50-69(110)104-28-26-103(27-29-104)30-32-117-34-36-118-35-33-116-31-24-83-65(106)17-20-87-78(113)74-94-63(48-101(74)7)92-66(107)18-21-86-77(112)62-44-58(47-100(62)6)90-80(115)75-95-64(49-102(75)8)93-67(108)19-22-85-76(111)61-43-57(46-99(61)5)89-79(114)73-84-23-25-98(73)4/h9-16,23,25,43-44,46-49,60H,17-22,24,26-42,45,50H2,1-8H3,(H,83,106)(H,85,111)(H,86,112)(H,87,113)(H,88,109)(H,89,114)(H,90,115)(H,92,107)(H,93,108)/t60-/m0/s1. The molecular formula is C81H102ClN23O17S. The van der Waals surface area contributed by atoms with E-state index in [2.05, 4.69) is 91.7 Å². The molecule has 0 bridgehead atoms. The van der Waals surface area contributed by atoms with E-state index in [1.165, 1.54) is 55.2 Å². The Morgan fingerprint density at radius 1 is 0.496 bits per heavy atom. The molecule has 9 heterocycles. The van der Waals surface area contributed by atoms with Gasteiger partial charge in [0.25, 0.3) is 29.5 Å². The van der Waals surface area contributed by atoms with Crippen molar-refractivity contribution in [3.05, 3.63) is 165 Å². The summed E-state index contributed by atoms with van der Waals surface area (Å²) in [7, 11) is 8.04. The molecule has 0 unspecified atom stereocenters. The quantitative estimate of drug-likeness (QED) is 0.0240. The number of aliphatic imine (C=N–C) groups is 1. The van der Waals surface area contributed by atoms with Crippen molar-refractivity contribution in [3.63, 3.8) is 0 Å². The number of aromatic nitrogens is 11. The molecule has 0 radical (unpaired) electrons. The number of carbonyl (C=O) groups is 10. The summed E-state index contributed by atoms with van der Waals surface area (Å²) in [4.78, 5) is 152. The number of fused-ring (bicyclic) bond motifs is 3. The topological polar surface area (TPSA) is 456 Å². The number of amides is 10. The Bertz CT molecular complexity index is 5210. The largest absolute Gasteiger partial charge is 0.491 e. The zero-order valence-corrected chi connectivity index (χ0v) is 71.3. The van der Waals surface area contributed by atoms with E-state index in [0.29, 0.717) is 113 Å². The minimum Gasteiger partial charge on any atom is -0.491 e. The molecule has 1 saturated heterocycles. The number of thiophene rings is 1. The number of halogens is 1. The van der Waals surface area contributed by atoms with Crippen molar-refractivity contribution in [3.8, 4) is 10.8 Å². The lowest BCUT2D eigenvalue weighted by molar-refractivity contribution is -0.138. The SMILES string of the molecule is Cc1sc2c(c1C)C(c1ccc(Cl)cc1)=N[C@@H](CC(=O)Nc1ccc(OCCOCCOCCOCC(=O)N3CCN(CCOCCOCCOCCNC(=O)CCNC(=O)c4nc(NC(=O)CCNC(=O)c5cc(NC(=O)c6nc(NC(=O)CCNC(=O)c7cc(NC(=O)c8nccn8C)cn7C)cn6C)cn5C)cn4C)CC3)cc1)c1nnc(C)n1-2. The second-order valence-corrected chi connectivity index (χ2v) is 30.3. The van der Waals surface area contributed by atoms with E-state index in [0.717, 1.165) is 51.9 Å². The minimum atomic E-state index is -0.642. The number of ether oxygens (including phenoxy) is 7. The van der Waals surface area contributed by atoms with E-state index in [-0.39, 0.29) is 136 Å². The Balaban J connectivity index is 0.447. The highest BCUT2D eigenvalue weighted by molar-refractivity contribution is 7.15. The zero-order chi connectivity index (χ0) is 87.5. The van der Waals surface area contributed by atoms with E-state index >= 15 is 0 Å². The van der Waals surface area contributed by atoms with Gasteiger partial charge in [0.1, 0.15) is 47.2 Å². The van der Waals surface area contributed by atoms with Gasteiger partial charge in [0.2, 0.25) is 41.2 Å². The minimum absolute atomic E-state index is 0.00956. The van der Waals surface area contributed by atoms with Crippen LogP contribution in [0.5, 0.6) is 5.75 Å². The third-order valence-electron chi connectivity index (χ3n) is 19.6. The van der Waals surface area contributed by atoms with Gasteiger partial charge >= 0.3 is 0 Å². The van der Waals surface area contributed by atoms with Gasteiger partial charge in [0.05, 0.1) is 96.2 Å². The summed E-state index contributed by atoms with van der Waals surface area (Å²) in [5, 5.41) is 34.8. The van der Waals surface area contributed by atoms with E-state index in [9.17, 15) is 47.9 Å². The molecule has 0 aliphatic carbocycles. The fraction of sp³-hybridized carbons (Fsp3) is 0.432. The molecule has 123 heavy (non-hydrogen) atoms. The van der Waals surface area contributed by atoms with Crippen molar-refractivity contribution >= 4 is 116 Å². The molecule has 11 rings (SSSR count). The Morgan fingerprint density at radius 3 is 1.60 bits per heavy atom. The van der Waals surface area contributed by atoms with Crippen molar-refractivity contribution in [2.75, 3.05) is 171 Å². The van der Waals surface area contributed by atoms with Crippen molar-refractivity contribution in [1.82, 2.24) is 83.6 Å². The van der Waals surface area contributed by atoms with E-state index in [4.69, 9.17) is 49.8 Å². The molecule has 9 aromatic rings. The van der Waals surface area contributed by atoms with Crippen LogP contribution in [0.4, 0.5) is 28.7 Å². The summed E-state index contributed by atoms with van der Waals surface area (Å²) in [5.74, 6) is -2.03. The van der Waals surface area contributed by atoms with Gasteiger partial charge in [-0.3, -0.25) is 62.4 Å². The average Bonchev–Trinajstić information content (AvgIpc) is 1.59. The van der Waals surface area contributed by atoms with Crippen LogP contribution in [-0.4, -0.2) is 272 Å². The molecule has 656 valence electrons. The predicted molar refractivity (Wildman–Crippen MR) is 454 cm³/mol. The highest BCUT2D eigenvalue weighted by atomic mass is 35.5. The van der Waals surface area contributed by atoms with Crippen LogP contribution in [0.3, 0.4) is 0 Å². The zero-order valence-electron chi connectivity index (χ0n) is 69.7. The second-order valence-electron chi connectivity index (χ2n) is 28.7. The van der Waals surface area contributed by atoms with Gasteiger partial charge in [-0.05, 0) is 74.9 Å². The van der Waals surface area contributed by atoms with Gasteiger partial charge in [-0.25, -0.2) is 15.0 Å². The Morgan fingerprint density at radius 2 is 1.02 bits per heavy atom. The first-order valence-corrected chi connectivity index (χ1v) is 41.1. The number of carbonyl (C=O) groups excluding carboxylic acids is 10. The van der Waals surface area contributed by atoms with Crippen molar-refractivity contribution in [1.29, 1.82) is 0 Å². The predicted octanol–water partition coefficient (Wildman–Crippen LogP) is 4.29. The number of piperazine rings is 1. The first-order chi connectivity index (χ1) is 59.3. The van der Waals surface area contributed by atoms with Crippen molar-refractivity contribution in [2.45, 2.75) is 52.5 Å². The maximum Gasteiger partial charge on any atom is 0.291 e. The van der Waals surface area contributed by atoms with Crippen LogP contribution in [0, 0.1) is 20.8 Å². The first-order valence-electron chi connectivity index (χ1n) is 39.9. The number of nitrogens with zero attached hydrogens (tertiary/aromatic N) is 14. The smallest absolute Gasteiger partial charge is 0.291 e. The third kappa shape index (κ3) is 26.3. The van der Waals surface area contributed by atoms with E-state index in [1.807, 2.05) is 35.8 Å². The van der Waals surface area contributed by atoms with Gasteiger partial charge in [-0.2, -0.15) is 0 Å². The maximum absolute atomic E-state index is 13.6. The number of aryl methyl sites for hydroxylation is 7. The summed E-state index contributed by atoms with van der Waals surface area (Å²) in [6, 6.07) is 17.0. The molecule has 10 amide bonds. The highest BCUT2D eigenvalue weighted by Crippen LogP contribution is 2.40. The number of hydrogen-bond donors (Lipinski definition) is 9. The van der Waals surface area contributed by atoms with Gasteiger partial charge in [-0.15, -0.1) is 21.5 Å². The fourth-order valence-corrected chi connectivity index (χ4v) is 14.4. The Hall–Kier alpha value is -12.4. The highest BCUT2D eigenvalue weighted by Gasteiger charge is 2.34. The average molecular weight is 1740 g/mol. The number of rotatable bonds is 46. The van der Waals surface area contributed by atoms with Gasteiger partial charge in [0, 0.05) is 177 Å². The van der Waals surface area contributed by atoms with E-state index < -0.39 is 47.4 Å².